The third-order valence-electron chi connectivity index (χ3n) is 4.53. The van der Waals surface area contributed by atoms with E-state index in [1.54, 1.807) is 0 Å². The molecular formula is C21H24N4O6. The summed E-state index contributed by atoms with van der Waals surface area (Å²) in [7, 11) is 0. The zero-order chi connectivity index (χ0) is 22.6. The maximum atomic E-state index is 11.9. The predicted octanol–water partition coefficient (Wildman–Crippen LogP) is 4.81. The topological polar surface area (TPSA) is 144 Å². The average molecular weight is 428 g/mol. The van der Waals surface area contributed by atoms with Gasteiger partial charge in [-0.2, -0.15) is 0 Å². The number of anilines is 2. The molecule has 164 valence electrons. The number of rotatable bonds is 12. The Morgan fingerprint density at radius 1 is 0.613 bits per heavy atom. The molecule has 0 radical (unpaired) electrons. The summed E-state index contributed by atoms with van der Waals surface area (Å²) >= 11 is 0. The van der Waals surface area contributed by atoms with Gasteiger partial charge in [-0.25, -0.2) is 0 Å². The first kappa shape index (κ1) is 23.5. The van der Waals surface area contributed by atoms with Gasteiger partial charge in [-0.15, -0.1) is 0 Å². The average Bonchev–Trinajstić information content (AvgIpc) is 2.73. The molecule has 0 unspecified atom stereocenters. The second-order valence-corrected chi connectivity index (χ2v) is 6.97. The van der Waals surface area contributed by atoms with Gasteiger partial charge in [-0.05, 0) is 37.1 Å². The smallest absolute Gasteiger partial charge is 0.269 e. The third kappa shape index (κ3) is 8.60. The first-order valence-electron chi connectivity index (χ1n) is 9.94. The molecule has 2 amide bonds. The van der Waals surface area contributed by atoms with E-state index < -0.39 is 9.85 Å². The Bertz CT molecular complexity index is 837. The van der Waals surface area contributed by atoms with Gasteiger partial charge < -0.3 is 10.6 Å². The van der Waals surface area contributed by atoms with Gasteiger partial charge in [0.2, 0.25) is 11.8 Å². The lowest BCUT2D eigenvalue weighted by Crippen LogP contribution is -2.11. The minimum absolute atomic E-state index is 0.0283. The molecule has 0 atom stereocenters. The fourth-order valence-electron chi connectivity index (χ4n) is 2.88. The molecule has 2 N–H and O–H groups in total. The molecule has 0 aliphatic rings. The summed E-state index contributed by atoms with van der Waals surface area (Å²) in [5.74, 6) is -0.285. The van der Waals surface area contributed by atoms with Crippen molar-refractivity contribution in [2.45, 2.75) is 44.9 Å². The van der Waals surface area contributed by atoms with Gasteiger partial charge in [0.25, 0.3) is 11.4 Å². The number of nitro groups is 2. The van der Waals surface area contributed by atoms with Crippen LogP contribution in [0.2, 0.25) is 0 Å². The maximum Gasteiger partial charge on any atom is 0.269 e. The van der Waals surface area contributed by atoms with E-state index in [1.165, 1.54) is 48.5 Å². The van der Waals surface area contributed by atoms with Crippen LogP contribution in [0.4, 0.5) is 22.7 Å². The fraction of sp³-hybridized carbons (Fsp3) is 0.333. The molecule has 0 heterocycles. The highest BCUT2D eigenvalue weighted by atomic mass is 16.6. The minimum Gasteiger partial charge on any atom is -0.326 e. The van der Waals surface area contributed by atoms with Crippen LogP contribution in [0.5, 0.6) is 0 Å². The molecule has 0 fully saturated rings. The lowest BCUT2D eigenvalue weighted by Gasteiger charge is -2.06. The van der Waals surface area contributed by atoms with Crippen molar-refractivity contribution in [2.24, 2.45) is 0 Å². The predicted molar refractivity (Wildman–Crippen MR) is 116 cm³/mol. The zero-order valence-corrected chi connectivity index (χ0v) is 16.9. The molecular weight excluding hydrogens is 404 g/mol. The monoisotopic (exact) mass is 428 g/mol. The highest BCUT2D eigenvalue weighted by Crippen LogP contribution is 2.17. The molecule has 10 nitrogen and oxygen atoms in total. The lowest BCUT2D eigenvalue weighted by molar-refractivity contribution is -0.385. The number of carbonyl (C=O) groups excluding carboxylic acids is 2. The Balaban J connectivity index is 1.53. The van der Waals surface area contributed by atoms with E-state index in [4.69, 9.17) is 0 Å². The number of carbonyl (C=O) groups is 2. The number of benzene rings is 2. The van der Waals surface area contributed by atoms with Crippen molar-refractivity contribution in [2.75, 3.05) is 10.6 Å². The third-order valence-corrected chi connectivity index (χ3v) is 4.53. The number of non-ortho nitro benzene ring substituents is 2. The number of nitrogens with one attached hydrogen (secondary N) is 2. The van der Waals surface area contributed by atoms with Crippen LogP contribution in [0.25, 0.3) is 0 Å². The highest BCUT2D eigenvalue weighted by molar-refractivity contribution is 5.91. The van der Waals surface area contributed by atoms with E-state index in [-0.39, 0.29) is 23.2 Å². The van der Waals surface area contributed by atoms with Crippen molar-refractivity contribution in [3.63, 3.8) is 0 Å². The number of amides is 2. The van der Waals surface area contributed by atoms with Gasteiger partial charge in [0, 0.05) is 48.5 Å². The lowest BCUT2D eigenvalue weighted by atomic mass is 10.1. The summed E-state index contributed by atoms with van der Waals surface area (Å²) in [4.78, 5) is 44.0. The van der Waals surface area contributed by atoms with Crippen molar-refractivity contribution in [3.05, 3.63) is 68.8 Å². The van der Waals surface area contributed by atoms with Gasteiger partial charge in [0.05, 0.1) is 9.85 Å². The highest BCUT2D eigenvalue weighted by Gasteiger charge is 2.08. The van der Waals surface area contributed by atoms with Crippen LogP contribution in [-0.4, -0.2) is 21.7 Å². The van der Waals surface area contributed by atoms with E-state index in [0.717, 1.165) is 19.3 Å². The maximum absolute atomic E-state index is 11.9. The summed E-state index contributed by atoms with van der Waals surface area (Å²) in [5, 5.41) is 26.6. The Hall–Kier alpha value is -3.82. The van der Waals surface area contributed by atoms with Gasteiger partial charge >= 0.3 is 0 Å². The molecule has 31 heavy (non-hydrogen) atoms. The van der Waals surface area contributed by atoms with Crippen molar-refractivity contribution < 1.29 is 19.4 Å². The Kier molecular flexibility index (Phi) is 9.09. The second-order valence-electron chi connectivity index (χ2n) is 6.97. The summed E-state index contributed by atoms with van der Waals surface area (Å²) in [5.41, 5.74) is 0.989. The summed E-state index contributed by atoms with van der Waals surface area (Å²) in [6.07, 6.45) is 4.77. The molecule has 0 saturated heterocycles. The molecule has 0 aromatic heterocycles. The van der Waals surface area contributed by atoms with Crippen LogP contribution in [0, 0.1) is 20.2 Å². The summed E-state index contributed by atoms with van der Waals surface area (Å²) < 4.78 is 0. The molecule has 0 saturated carbocycles. The van der Waals surface area contributed by atoms with Gasteiger partial charge in [-0.3, -0.25) is 29.8 Å². The molecule has 2 rings (SSSR count). The molecule has 0 aliphatic heterocycles. The molecule has 0 aliphatic carbocycles. The Morgan fingerprint density at radius 3 is 1.26 bits per heavy atom. The number of nitro benzene ring substituents is 2. The minimum atomic E-state index is -0.495. The van der Waals surface area contributed by atoms with Gasteiger partial charge in [0.15, 0.2) is 0 Å². The normalized spacial score (nSPS) is 10.3. The number of nitrogens with zero attached hydrogens (tertiary/aromatic N) is 2. The van der Waals surface area contributed by atoms with Gasteiger partial charge in [-0.1, -0.05) is 19.3 Å². The van der Waals surface area contributed by atoms with Crippen LogP contribution in [0.3, 0.4) is 0 Å². The van der Waals surface area contributed by atoms with Crippen LogP contribution in [0.1, 0.15) is 44.9 Å². The van der Waals surface area contributed by atoms with Crippen molar-refractivity contribution in [1.29, 1.82) is 0 Å². The first-order valence-corrected chi connectivity index (χ1v) is 9.94. The quantitative estimate of drug-likeness (QED) is 0.282. The zero-order valence-electron chi connectivity index (χ0n) is 16.9. The fourth-order valence-corrected chi connectivity index (χ4v) is 2.88. The molecule has 2 aromatic rings. The Morgan fingerprint density at radius 2 is 0.935 bits per heavy atom. The van der Waals surface area contributed by atoms with E-state index in [1.807, 2.05) is 0 Å². The van der Waals surface area contributed by atoms with E-state index in [2.05, 4.69) is 10.6 Å². The summed E-state index contributed by atoms with van der Waals surface area (Å²) in [6.45, 7) is 0. The Labute approximate surface area is 179 Å². The number of hydrogen-bond donors (Lipinski definition) is 2. The standard InChI is InChI=1S/C21H24N4O6/c26-20(22-16-8-12-18(13-9-16)24(28)29)6-4-2-1-3-5-7-21(27)23-17-10-14-19(15-11-17)25(30)31/h8-15H,1-7H2,(H,22,26)(H,23,27). The SMILES string of the molecule is O=C(CCCCCCCC(=O)Nc1ccc([N+](=O)[O-])cc1)Nc1ccc([N+](=O)[O-])cc1. The van der Waals surface area contributed by atoms with Crippen molar-refractivity contribution in [1.82, 2.24) is 0 Å². The van der Waals surface area contributed by atoms with Crippen LogP contribution in [-0.2, 0) is 9.59 Å². The molecule has 2 aromatic carbocycles. The van der Waals surface area contributed by atoms with Crippen LogP contribution >= 0.6 is 0 Å². The van der Waals surface area contributed by atoms with Gasteiger partial charge in [0.1, 0.15) is 0 Å². The molecule has 10 heteroatoms. The number of unbranched alkanes of at least 4 members (excludes halogenated alkanes) is 4. The van der Waals surface area contributed by atoms with Crippen molar-refractivity contribution >= 4 is 34.6 Å². The van der Waals surface area contributed by atoms with E-state index in [9.17, 15) is 29.8 Å². The summed E-state index contributed by atoms with van der Waals surface area (Å²) in [6, 6.07) is 11.4. The van der Waals surface area contributed by atoms with E-state index in [0.29, 0.717) is 37.1 Å². The second kappa shape index (κ2) is 12.0. The van der Waals surface area contributed by atoms with Crippen LogP contribution < -0.4 is 10.6 Å². The van der Waals surface area contributed by atoms with E-state index >= 15 is 0 Å². The first-order chi connectivity index (χ1) is 14.8. The largest absolute Gasteiger partial charge is 0.326 e. The van der Waals surface area contributed by atoms with Crippen LogP contribution in [0.15, 0.2) is 48.5 Å². The van der Waals surface area contributed by atoms with Crippen molar-refractivity contribution in [3.8, 4) is 0 Å². The molecule has 0 spiro atoms. The molecule has 0 bridgehead atoms. The number of hydrogen-bond acceptors (Lipinski definition) is 6.